The Morgan fingerprint density at radius 2 is 1.87 bits per heavy atom. The molecule has 1 aliphatic rings. The molecule has 8 heteroatoms. The van der Waals surface area contributed by atoms with E-state index in [4.69, 9.17) is 4.52 Å². The Balaban J connectivity index is 1.41. The maximum Gasteiger partial charge on any atom is 0.251 e. The van der Waals surface area contributed by atoms with Gasteiger partial charge < -0.3 is 9.84 Å². The highest BCUT2D eigenvalue weighted by molar-refractivity contribution is 5.94. The maximum atomic E-state index is 12.7. The lowest BCUT2D eigenvalue weighted by Crippen LogP contribution is -2.36. The van der Waals surface area contributed by atoms with Crippen molar-refractivity contribution in [2.75, 3.05) is 13.6 Å². The van der Waals surface area contributed by atoms with Gasteiger partial charge in [0.2, 0.25) is 11.7 Å². The summed E-state index contributed by atoms with van der Waals surface area (Å²) in [6.07, 6.45) is 5.45. The van der Waals surface area contributed by atoms with E-state index < -0.39 is 0 Å². The van der Waals surface area contributed by atoms with Gasteiger partial charge in [0, 0.05) is 30.5 Å². The van der Waals surface area contributed by atoms with Crippen LogP contribution in [-0.4, -0.2) is 50.5 Å². The largest absolute Gasteiger partial charge is 0.348 e. The highest BCUT2D eigenvalue weighted by atomic mass is 16.5. The van der Waals surface area contributed by atoms with Gasteiger partial charge in [-0.15, -0.1) is 0 Å². The Hall–Kier alpha value is -3.13. The molecule has 0 radical (unpaired) electrons. The number of likely N-dealkylation sites (tertiary alicyclic amines) is 1. The van der Waals surface area contributed by atoms with E-state index in [0.29, 0.717) is 35.8 Å². The number of nitrogens with zero attached hydrogens (tertiary/aromatic N) is 5. The monoisotopic (exact) mass is 406 g/mol. The third-order valence-electron chi connectivity index (χ3n) is 5.44. The van der Waals surface area contributed by atoms with E-state index in [1.165, 1.54) is 11.9 Å². The topological polar surface area (TPSA) is 97.0 Å². The fourth-order valence-corrected chi connectivity index (χ4v) is 3.69. The van der Waals surface area contributed by atoms with Crippen LogP contribution in [0.5, 0.6) is 0 Å². The van der Waals surface area contributed by atoms with Crippen molar-refractivity contribution in [2.45, 2.75) is 44.7 Å². The first-order chi connectivity index (χ1) is 14.3. The van der Waals surface area contributed by atoms with Crippen LogP contribution in [0.15, 0.2) is 47.5 Å². The van der Waals surface area contributed by atoms with Crippen molar-refractivity contribution in [3.05, 3.63) is 60.0 Å². The van der Waals surface area contributed by atoms with Crippen molar-refractivity contribution in [1.29, 1.82) is 0 Å². The lowest BCUT2D eigenvalue weighted by molar-refractivity contribution is 0.0938. The summed E-state index contributed by atoms with van der Waals surface area (Å²) in [4.78, 5) is 27.3. The molecule has 0 unspecified atom stereocenters. The average molecular weight is 406 g/mol. The van der Waals surface area contributed by atoms with Crippen LogP contribution in [0.1, 0.15) is 55.0 Å². The predicted octanol–water partition coefficient (Wildman–Crippen LogP) is 3.00. The number of benzene rings is 1. The third kappa shape index (κ3) is 4.23. The minimum atomic E-state index is -0.0674. The summed E-state index contributed by atoms with van der Waals surface area (Å²) in [6, 6.07) is 7.77. The lowest BCUT2D eigenvalue weighted by Gasteiger charge is -2.19. The average Bonchev–Trinajstić information content (AvgIpc) is 3.35. The number of carbonyl (C=O) groups excluding carboxylic acids is 1. The van der Waals surface area contributed by atoms with Crippen LogP contribution in [0.3, 0.4) is 0 Å². The maximum absolute atomic E-state index is 12.7. The Morgan fingerprint density at radius 1 is 1.17 bits per heavy atom. The smallest absolute Gasteiger partial charge is 0.251 e. The fraction of sp³-hybridized carbons (Fsp3) is 0.409. The number of aromatic nitrogens is 4. The molecule has 2 atom stereocenters. The van der Waals surface area contributed by atoms with Gasteiger partial charge in [0.05, 0.1) is 11.6 Å². The van der Waals surface area contributed by atoms with E-state index in [0.717, 1.165) is 0 Å². The molecule has 156 valence electrons. The van der Waals surface area contributed by atoms with E-state index in [-0.39, 0.29) is 23.4 Å². The molecule has 1 aliphatic heterocycles. The van der Waals surface area contributed by atoms with Gasteiger partial charge in [0.25, 0.3) is 5.91 Å². The Kier molecular flexibility index (Phi) is 5.34. The second kappa shape index (κ2) is 7.95. The van der Waals surface area contributed by atoms with Gasteiger partial charge in [-0.05, 0) is 36.6 Å². The zero-order valence-electron chi connectivity index (χ0n) is 17.7. The molecule has 1 saturated heterocycles. The molecule has 1 amide bonds. The zero-order chi connectivity index (χ0) is 21.3. The Bertz CT molecular complexity index is 1010. The highest BCUT2D eigenvalue weighted by Gasteiger charge is 2.35. The lowest BCUT2D eigenvalue weighted by atomic mass is 9.86. The summed E-state index contributed by atoms with van der Waals surface area (Å²) in [5.41, 5.74) is 2.64. The molecule has 0 spiro atoms. The molecule has 3 aromatic rings. The molecule has 4 rings (SSSR count). The zero-order valence-corrected chi connectivity index (χ0v) is 17.7. The van der Waals surface area contributed by atoms with Gasteiger partial charge in [0.1, 0.15) is 6.33 Å². The number of rotatable bonds is 4. The summed E-state index contributed by atoms with van der Waals surface area (Å²) in [6.45, 7) is 7.18. The Morgan fingerprint density at radius 3 is 2.53 bits per heavy atom. The van der Waals surface area contributed by atoms with Gasteiger partial charge in [-0.2, -0.15) is 4.98 Å². The van der Waals surface area contributed by atoms with Crippen molar-refractivity contribution in [3.8, 4) is 11.4 Å². The van der Waals surface area contributed by atoms with Crippen molar-refractivity contribution < 1.29 is 9.32 Å². The Labute approximate surface area is 175 Å². The molecular weight excluding hydrogens is 380 g/mol. The SMILES string of the molecule is CN1C[C@@H](NC(=O)c2ccc(C(C)(C)C)cc2)C[C@H]1c1nc(-c2cncnc2)no1. The van der Waals surface area contributed by atoms with E-state index in [1.807, 2.05) is 31.3 Å². The molecule has 3 heterocycles. The summed E-state index contributed by atoms with van der Waals surface area (Å²) in [5, 5.41) is 7.18. The first-order valence-corrected chi connectivity index (χ1v) is 10.0. The number of carbonyl (C=O) groups is 1. The van der Waals surface area contributed by atoms with E-state index in [2.05, 4.69) is 51.1 Å². The first-order valence-electron chi connectivity index (χ1n) is 10.0. The normalized spacial score (nSPS) is 19.7. The second-order valence-electron chi connectivity index (χ2n) is 8.77. The molecule has 0 bridgehead atoms. The second-order valence-corrected chi connectivity index (χ2v) is 8.77. The standard InChI is InChI=1S/C22H26N6O2/c1-22(2,3)16-7-5-14(6-8-16)20(29)25-17-9-18(28(4)12-17)21-26-19(27-30-21)15-10-23-13-24-11-15/h5-8,10-11,13,17-18H,9,12H2,1-4H3,(H,25,29)/t17-,18-/m0/s1. The minimum absolute atomic E-state index is 0.00482. The number of likely N-dealkylation sites (N-methyl/N-ethyl adjacent to an activating group) is 1. The van der Waals surface area contributed by atoms with Crippen LogP contribution in [0.25, 0.3) is 11.4 Å². The molecule has 0 aliphatic carbocycles. The molecule has 0 saturated carbocycles. The fourth-order valence-electron chi connectivity index (χ4n) is 3.69. The van der Waals surface area contributed by atoms with Crippen LogP contribution in [-0.2, 0) is 5.41 Å². The van der Waals surface area contributed by atoms with Crippen LogP contribution < -0.4 is 5.32 Å². The van der Waals surface area contributed by atoms with Gasteiger partial charge in [-0.3, -0.25) is 9.69 Å². The van der Waals surface area contributed by atoms with Gasteiger partial charge >= 0.3 is 0 Å². The molecule has 1 aromatic carbocycles. The van der Waals surface area contributed by atoms with Gasteiger partial charge in [-0.1, -0.05) is 38.1 Å². The summed E-state index contributed by atoms with van der Waals surface area (Å²) < 4.78 is 5.49. The molecule has 8 nitrogen and oxygen atoms in total. The summed E-state index contributed by atoms with van der Waals surface area (Å²) >= 11 is 0. The molecule has 30 heavy (non-hydrogen) atoms. The van der Waals surface area contributed by atoms with Crippen LogP contribution in [0.2, 0.25) is 0 Å². The van der Waals surface area contributed by atoms with Gasteiger partial charge in [-0.25, -0.2) is 9.97 Å². The van der Waals surface area contributed by atoms with E-state index in [1.54, 1.807) is 12.4 Å². The van der Waals surface area contributed by atoms with Crippen LogP contribution >= 0.6 is 0 Å². The summed E-state index contributed by atoms with van der Waals surface area (Å²) in [7, 11) is 1.99. The van der Waals surface area contributed by atoms with E-state index >= 15 is 0 Å². The van der Waals surface area contributed by atoms with Crippen molar-refractivity contribution in [1.82, 2.24) is 30.3 Å². The summed E-state index contributed by atoms with van der Waals surface area (Å²) in [5.74, 6) is 0.926. The molecule has 1 fully saturated rings. The first kappa shape index (κ1) is 20.2. The third-order valence-corrected chi connectivity index (χ3v) is 5.44. The highest BCUT2D eigenvalue weighted by Crippen LogP contribution is 2.31. The molecule has 1 N–H and O–H groups in total. The number of hydrogen-bond donors (Lipinski definition) is 1. The predicted molar refractivity (Wildman–Crippen MR) is 112 cm³/mol. The minimum Gasteiger partial charge on any atom is -0.348 e. The quantitative estimate of drug-likeness (QED) is 0.711. The van der Waals surface area contributed by atoms with Crippen molar-refractivity contribution in [2.24, 2.45) is 0 Å². The van der Waals surface area contributed by atoms with Gasteiger partial charge in [0.15, 0.2) is 0 Å². The van der Waals surface area contributed by atoms with Crippen molar-refractivity contribution in [3.63, 3.8) is 0 Å². The van der Waals surface area contributed by atoms with Crippen LogP contribution in [0.4, 0.5) is 0 Å². The van der Waals surface area contributed by atoms with Crippen molar-refractivity contribution >= 4 is 5.91 Å². The molecule has 2 aromatic heterocycles. The number of amides is 1. The number of hydrogen-bond acceptors (Lipinski definition) is 7. The molecular formula is C22H26N6O2. The van der Waals surface area contributed by atoms with Crippen LogP contribution in [0, 0.1) is 0 Å². The van der Waals surface area contributed by atoms with E-state index in [9.17, 15) is 4.79 Å². The number of nitrogens with one attached hydrogen (secondary N) is 1.